The first-order chi connectivity index (χ1) is 7.15. The molecule has 1 fully saturated rings. The van der Waals surface area contributed by atoms with Crippen molar-refractivity contribution in [2.75, 3.05) is 5.32 Å². The quantitative estimate of drug-likeness (QED) is 0.829. The van der Waals surface area contributed by atoms with Crippen LogP contribution in [0.15, 0.2) is 18.2 Å². The first-order valence-corrected chi connectivity index (χ1v) is 4.89. The minimum Gasteiger partial charge on any atom is -0.488 e. The molecule has 0 unspecified atom stereocenters. The number of anilines is 1. The van der Waals surface area contributed by atoms with E-state index in [9.17, 15) is 9.18 Å². The lowest BCUT2D eigenvalue weighted by Crippen LogP contribution is -2.08. The molecular formula is C11H12FNO2. The Labute approximate surface area is 87.2 Å². The molecule has 0 aromatic heterocycles. The molecule has 0 aliphatic heterocycles. The van der Waals surface area contributed by atoms with Crippen molar-refractivity contribution >= 4 is 11.6 Å². The van der Waals surface area contributed by atoms with E-state index >= 15 is 0 Å². The van der Waals surface area contributed by atoms with Crippen molar-refractivity contribution in [1.29, 1.82) is 0 Å². The highest BCUT2D eigenvalue weighted by Crippen LogP contribution is 2.32. The number of halogens is 1. The van der Waals surface area contributed by atoms with E-state index < -0.39 is 0 Å². The van der Waals surface area contributed by atoms with E-state index in [4.69, 9.17) is 4.74 Å². The summed E-state index contributed by atoms with van der Waals surface area (Å²) in [6, 6.07) is 4.10. The SMILES string of the molecule is CC(=O)Nc1ccc(F)cc1OC1CC1. The monoisotopic (exact) mass is 209 g/mol. The number of hydrogen-bond donors (Lipinski definition) is 1. The van der Waals surface area contributed by atoms with Crippen LogP contribution < -0.4 is 10.1 Å². The van der Waals surface area contributed by atoms with Crippen molar-refractivity contribution in [2.24, 2.45) is 0 Å². The molecule has 0 saturated heterocycles. The van der Waals surface area contributed by atoms with E-state index in [2.05, 4.69) is 5.32 Å². The van der Waals surface area contributed by atoms with E-state index in [-0.39, 0.29) is 17.8 Å². The molecule has 80 valence electrons. The number of benzene rings is 1. The predicted octanol–water partition coefficient (Wildman–Crippen LogP) is 2.33. The number of carbonyl (C=O) groups excluding carboxylic acids is 1. The summed E-state index contributed by atoms with van der Waals surface area (Å²) >= 11 is 0. The maximum absolute atomic E-state index is 13.0. The fourth-order valence-corrected chi connectivity index (χ4v) is 1.25. The average molecular weight is 209 g/mol. The van der Waals surface area contributed by atoms with Crippen LogP contribution in [-0.4, -0.2) is 12.0 Å². The summed E-state index contributed by atoms with van der Waals surface area (Å²) in [7, 11) is 0. The highest BCUT2D eigenvalue weighted by atomic mass is 19.1. The number of ether oxygens (including phenoxy) is 1. The number of amides is 1. The van der Waals surface area contributed by atoms with Gasteiger partial charge in [0, 0.05) is 13.0 Å². The van der Waals surface area contributed by atoms with E-state index in [0.29, 0.717) is 11.4 Å². The number of nitrogens with one attached hydrogen (secondary N) is 1. The van der Waals surface area contributed by atoms with Gasteiger partial charge in [0.2, 0.25) is 5.91 Å². The lowest BCUT2D eigenvalue weighted by atomic mass is 10.3. The van der Waals surface area contributed by atoms with Gasteiger partial charge >= 0.3 is 0 Å². The molecule has 1 aliphatic carbocycles. The highest BCUT2D eigenvalue weighted by Gasteiger charge is 2.24. The van der Waals surface area contributed by atoms with Gasteiger partial charge < -0.3 is 10.1 Å². The van der Waals surface area contributed by atoms with Gasteiger partial charge in [0.1, 0.15) is 11.6 Å². The molecule has 1 aromatic carbocycles. The second kappa shape index (κ2) is 3.88. The van der Waals surface area contributed by atoms with Crippen LogP contribution in [-0.2, 0) is 4.79 Å². The fourth-order valence-electron chi connectivity index (χ4n) is 1.25. The molecule has 0 radical (unpaired) electrons. The molecule has 0 heterocycles. The standard InChI is InChI=1S/C11H12FNO2/c1-7(14)13-10-5-2-8(12)6-11(10)15-9-3-4-9/h2,5-6,9H,3-4H2,1H3,(H,13,14). The lowest BCUT2D eigenvalue weighted by molar-refractivity contribution is -0.114. The van der Waals surface area contributed by atoms with Crippen molar-refractivity contribution < 1.29 is 13.9 Å². The Morgan fingerprint density at radius 3 is 2.87 bits per heavy atom. The van der Waals surface area contributed by atoms with E-state index in [0.717, 1.165) is 12.8 Å². The Hall–Kier alpha value is -1.58. The zero-order valence-electron chi connectivity index (χ0n) is 8.42. The van der Waals surface area contributed by atoms with Gasteiger partial charge in [0.05, 0.1) is 11.8 Å². The second-order valence-corrected chi connectivity index (χ2v) is 3.64. The molecule has 1 amide bonds. The number of rotatable bonds is 3. The Balaban J connectivity index is 2.21. The first-order valence-electron chi connectivity index (χ1n) is 4.89. The van der Waals surface area contributed by atoms with Crippen LogP contribution in [0.3, 0.4) is 0 Å². The van der Waals surface area contributed by atoms with Gasteiger partial charge in [-0.2, -0.15) is 0 Å². The molecule has 4 heteroatoms. The van der Waals surface area contributed by atoms with Gasteiger partial charge in [0.25, 0.3) is 0 Å². The Morgan fingerprint density at radius 2 is 2.27 bits per heavy atom. The van der Waals surface area contributed by atoms with Gasteiger partial charge in [0.15, 0.2) is 0 Å². The van der Waals surface area contributed by atoms with Crippen LogP contribution in [0.2, 0.25) is 0 Å². The number of hydrogen-bond acceptors (Lipinski definition) is 2. The highest BCUT2D eigenvalue weighted by molar-refractivity contribution is 5.90. The Bertz CT molecular complexity index is 388. The normalized spacial score (nSPS) is 14.8. The third-order valence-electron chi connectivity index (χ3n) is 2.07. The zero-order valence-corrected chi connectivity index (χ0v) is 8.42. The van der Waals surface area contributed by atoms with Crippen LogP contribution in [0, 0.1) is 5.82 Å². The number of carbonyl (C=O) groups is 1. The van der Waals surface area contributed by atoms with Crippen molar-refractivity contribution in [3.63, 3.8) is 0 Å². The van der Waals surface area contributed by atoms with E-state index in [1.165, 1.54) is 25.1 Å². The van der Waals surface area contributed by atoms with Crippen LogP contribution in [0.25, 0.3) is 0 Å². The van der Waals surface area contributed by atoms with Crippen molar-refractivity contribution in [3.05, 3.63) is 24.0 Å². The smallest absolute Gasteiger partial charge is 0.221 e. The molecule has 1 N–H and O–H groups in total. The van der Waals surface area contributed by atoms with Gasteiger partial charge in [-0.25, -0.2) is 4.39 Å². The van der Waals surface area contributed by atoms with Crippen LogP contribution in [0.1, 0.15) is 19.8 Å². The molecule has 1 aliphatic rings. The molecule has 0 spiro atoms. The largest absolute Gasteiger partial charge is 0.488 e. The molecule has 1 saturated carbocycles. The molecule has 1 aromatic rings. The predicted molar refractivity (Wildman–Crippen MR) is 54.4 cm³/mol. The van der Waals surface area contributed by atoms with Crippen molar-refractivity contribution in [3.8, 4) is 5.75 Å². The summed E-state index contributed by atoms with van der Waals surface area (Å²) in [4.78, 5) is 10.9. The maximum atomic E-state index is 13.0. The second-order valence-electron chi connectivity index (χ2n) is 3.64. The van der Waals surface area contributed by atoms with Gasteiger partial charge in [-0.15, -0.1) is 0 Å². The summed E-state index contributed by atoms with van der Waals surface area (Å²) in [5.41, 5.74) is 0.524. The molecule has 3 nitrogen and oxygen atoms in total. The molecule has 0 bridgehead atoms. The summed E-state index contributed by atoms with van der Waals surface area (Å²) < 4.78 is 18.4. The first kappa shape index (κ1) is 9.96. The Kier molecular flexibility index (Phi) is 2.58. The molecule has 15 heavy (non-hydrogen) atoms. The summed E-state index contributed by atoms with van der Waals surface area (Å²) in [6.45, 7) is 1.41. The van der Waals surface area contributed by atoms with Crippen LogP contribution in [0.4, 0.5) is 10.1 Å². The summed E-state index contributed by atoms with van der Waals surface area (Å²) in [5.74, 6) is -0.144. The topological polar surface area (TPSA) is 38.3 Å². The van der Waals surface area contributed by atoms with Crippen LogP contribution in [0.5, 0.6) is 5.75 Å². The van der Waals surface area contributed by atoms with Gasteiger partial charge in [-0.1, -0.05) is 0 Å². The summed E-state index contributed by atoms with van der Waals surface area (Å²) in [5, 5.41) is 2.60. The fraction of sp³-hybridized carbons (Fsp3) is 0.364. The van der Waals surface area contributed by atoms with E-state index in [1.54, 1.807) is 0 Å². The van der Waals surface area contributed by atoms with Crippen LogP contribution >= 0.6 is 0 Å². The van der Waals surface area contributed by atoms with Gasteiger partial charge in [-0.3, -0.25) is 4.79 Å². The molecule has 2 rings (SSSR count). The zero-order chi connectivity index (χ0) is 10.8. The third-order valence-corrected chi connectivity index (χ3v) is 2.07. The molecular weight excluding hydrogens is 197 g/mol. The minimum absolute atomic E-state index is 0.180. The lowest BCUT2D eigenvalue weighted by Gasteiger charge is -2.10. The molecule has 0 atom stereocenters. The van der Waals surface area contributed by atoms with Crippen molar-refractivity contribution in [2.45, 2.75) is 25.9 Å². The third kappa shape index (κ3) is 2.68. The Morgan fingerprint density at radius 1 is 1.53 bits per heavy atom. The van der Waals surface area contributed by atoms with E-state index in [1.807, 2.05) is 0 Å². The van der Waals surface area contributed by atoms with Gasteiger partial charge in [-0.05, 0) is 25.0 Å². The average Bonchev–Trinajstić information content (AvgIpc) is 2.93. The maximum Gasteiger partial charge on any atom is 0.221 e. The van der Waals surface area contributed by atoms with Crippen molar-refractivity contribution in [1.82, 2.24) is 0 Å². The summed E-state index contributed by atoms with van der Waals surface area (Å²) in [6.07, 6.45) is 2.17. The minimum atomic E-state index is -0.361.